The van der Waals surface area contributed by atoms with Crippen molar-refractivity contribution in [3.63, 3.8) is 0 Å². The largest absolute Gasteiger partial charge is 0.296 e. The summed E-state index contributed by atoms with van der Waals surface area (Å²) in [6.45, 7) is 1.82. The van der Waals surface area contributed by atoms with Gasteiger partial charge in [0.1, 0.15) is 5.69 Å². The van der Waals surface area contributed by atoms with Crippen LogP contribution in [-0.2, 0) is 7.05 Å². The van der Waals surface area contributed by atoms with Gasteiger partial charge in [-0.1, -0.05) is 0 Å². The van der Waals surface area contributed by atoms with E-state index in [1.165, 1.54) is 4.80 Å². The molecule has 2 aromatic heterocycles. The number of carbonyl (C=O) groups is 1. The van der Waals surface area contributed by atoms with Gasteiger partial charge in [-0.2, -0.15) is 4.80 Å². The van der Waals surface area contributed by atoms with Crippen molar-refractivity contribution in [3.8, 4) is 11.4 Å². The van der Waals surface area contributed by atoms with E-state index in [-0.39, 0.29) is 0 Å². The summed E-state index contributed by atoms with van der Waals surface area (Å²) >= 11 is 0. The topological polar surface area (TPSA) is 73.6 Å². The van der Waals surface area contributed by atoms with Crippen LogP contribution in [0.5, 0.6) is 0 Å². The Morgan fingerprint density at radius 3 is 2.80 bits per heavy atom. The summed E-state index contributed by atoms with van der Waals surface area (Å²) in [5, 5.41) is 11.5. The molecule has 15 heavy (non-hydrogen) atoms. The maximum atomic E-state index is 10.8. The average Bonchev–Trinajstić information content (AvgIpc) is 2.64. The highest BCUT2D eigenvalue weighted by atomic mass is 16.1. The third-order valence-electron chi connectivity index (χ3n) is 1.92. The van der Waals surface area contributed by atoms with Gasteiger partial charge in [-0.15, -0.1) is 10.2 Å². The molecule has 0 spiro atoms. The van der Waals surface area contributed by atoms with Crippen molar-refractivity contribution in [1.82, 2.24) is 25.2 Å². The maximum Gasteiger partial charge on any atom is 0.207 e. The first-order valence-corrected chi connectivity index (χ1v) is 4.38. The van der Waals surface area contributed by atoms with Crippen LogP contribution in [0.4, 0.5) is 0 Å². The number of tetrazole rings is 1. The molecule has 0 saturated carbocycles. The molecule has 0 bridgehead atoms. The molecule has 0 N–H and O–H groups in total. The second-order valence-electron chi connectivity index (χ2n) is 3.11. The van der Waals surface area contributed by atoms with Gasteiger partial charge in [-0.25, -0.2) is 4.98 Å². The number of pyridine rings is 1. The van der Waals surface area contributed by atoms with E-state index in [2.05, 4.69) is 20.4 Å². The smallest absolute Gasteiger partial charge is 0.207 e. The van der Waals surface area contributed by atoms with Crippen LogP contribution in [0.15, 0.2) is 12.1 Å². The number of rotatable bonds is 2. The molecule has 6 heteroatoms. The van der Waals surface area contributed by atoms with E-state index in [4.69, 9.17) is 0 Å². The lowest BCUT2D eigenvalue weighted by Crippen LogP contribution is -1.96. The molecule has 0 unspecified atom stereocenters. The summed E-state index contributed by atoms with van der Waals surface area (Å²) in [5.41, 5.74) is 1.72. The Kier molecular flexibility index (Phi) is 2.24. The monoisotopic (exact) mass is 203 g/mol. The van der Waals surface area contributed by atoms with Crippen molar-refractivity contribution in [3.05, 3.63) is 23.5 Å². The zero-order valence-electron chi connectivity index (χ0n) is 8.38. The zero-order valence-corrected chi connectivity index (χ0v) is 8.38. The number of carbonyl (C=O) groups excluding carboxylic acids is 1. The van der Waals surface area contributed by atoms with Gasteiger partial charge in [0.25, 0.3) is 0 Å². The molecular weight excluding hydrogens is 194 g/mol. The first-order chi connectivity index (χ1) is 7.20. The minimum absolute atomic E-state index is 0.336. The SMILES string of the molecule is Cc1ccc(-c2nnn(C)n2)c(C=O)n1. The summed E-state index contributed by atoms with van der Waals surface area (Å²) in [6, 6.07) is 3.57. The Morgan fingerprint density at radius 1 is 1.40 bits per heavy atom. The fourth-order valence-corrected chi connectivity index (χ4v) is 1.25. The van der Waals surface area contributed by atoms with Gasteiger partial charge in [0.2, 0.25) is 5.82 Å². The fraction of sp³-hybridized carbons (Fsp3) is 0.222. The van der Waals surface area contributed by atoms with Crippen LogP contribution in [0, 0.1) is 6.92 Å². The molecule has 2 aromatic rings. The molecule has 76 valence electrons. The van der Waals surface area contributed by atoms with E-state index < -0.39 is 0 Å². The van der Waals surface area contributed by atoms with Crippen molar-refractivity contribution in [2.24, 2.45) is 7.05 Å². The Morgan fingerprint density at radius 2 is 2.20 bits per heavy atom. The minimum Gasteiger partial charge on any atom is -0.296 e. The number of hydrogen-bond donors (Lipinski definition) is 0. The molecule has 0 saturated heterocycles. The molecule has 6 nitrogen and oxygen atoms in total. The average molecular weight is 203 g/mol. The molecule has 0 aliphatic rings. The van der Waals surface area contributed by atoms with Gasteiger partial charge in [0.15, 0.2) is 6.29 Å². The van der Waals surface area contributed by atoms with Crippen LogP contribution in [0.1, 0.15) is 16.2 Å². The molecule has 2 heterocycles. The summed E-state index contributed by atoms with van der Waals surface area (Å²) in [7, 11) is 1.67. The molecule has 0 aromatic carbocycles. The highest BCUT2D eigenvalue weighted by molar-refractivity contribution is 5.82. The van der Waals surface area contributed by atoms with Crippen molar-refractivity contribution < 1.29 is 4.79 Å². The van der Waals surface area contributed by atoms with Crippen LogP contribution in [0.3, 0.4) is 0 Å². The van der Waals surface area contributed by atoms with E-state index in [0.29, 0.717) is 23.4 Å². The summed E-state index contributed by atoms with van der Waals surface area (Å²) < 4.78 is 0. The van der Waals surface area contributed by atoms with Gasteiger partial charge < -0.3 is 0 Å². The zero-order chi connectivity index (χ0) is 10.8. The molecule has 0 atom stereocenters. The normalized spacial score (nSPS) is 10.3. The first-order valence-electron chi connectivity index (χ1n) is 4.38. The molecule has 0 fully saturated rings. The standard InChI is InChI=1S/C9H9N5O/c1-6-3-4-7(8(5-15)10-6)9-11-13-14(2)12-9/h3-5H,1-2H3. The molecular formula is C9H9N5O. The highest BCUT2D eigenvalue weighted by Gasteiger charge is 2.10. The summed E-state index contributed by atoms with van der Waals surface area (Å²) in [4.78, 5) is 16.2. The minimum atomic E-state index is 0.336. The molecule has 0 radical (unpaired) electrons. The Balaban J connectivity index is 2.57. The second kappa shape index (κ2) is 3.56. The predicted octanol–water partition coefficient (Wildman–Crippen LogP) is 0.393. The van der Waals surface area contributed by atoms with E-state index >= 15 is 0 Å². The van der Waals surface area contributed by atoms with Crippen molar-refractivity contribution in [2.75, 3.05) is 0 Å². The number of aldehydes is 1. The maximum absolute atomic E-state index is 10.8. The highest BCUT2D eigenvalue weighted by Crippen LogP contribution is 2.16. The molecule has 2 rings (SSSR count). The lowest BCUT2D eigenvalue weighted by molar-refractivity contribution is 0.111. The molecule has 0 aliphatic heterocycles. The first kappa shape index (κ1) is 9.45. The number of aryl methyl sites for hydroxylation is 2. The summed E-state index contributed by atoms with van der Waals surface area (Å²) in [6.07, 6.45) is 0.693. The van der Waals surface area contributed by atoms with Crippen LogP contribution >= 0.6 is 0 Å². The third kappa shape index (κ3) is 1.74. The van der Waals surface area contributed by atoms with E-state index in [9.17, 15) is 4.79 Å². The quantitative estimate of drug-likeness (QED) is 0.660. The Labute approximate surface area is 85.9 Å². The van der Waals surface area contributed by atoms with Gasteiger partial charge >= 0.3 is 0 Å². The van der Waals surface area contributed by atoms with E-state index in [1.54, 1.807) is 19.2 Å². The van der Waals surface area contributed by atoms with Crippen molar-refractivity contribution in [2.45, 2.75) is 6.92 Å². The van der Waals surface area contributed by atoms with E-state index in [0.717, 1.165) is 5.69 Å². The van der Waals surface area contributed by atoms with Crippen LogP contribution in [0.25, 0.3) is 11.4 Å². The van der Waals surface area contributed by atoms with Crippen molar-refractivity contribution in [1.29, 1.82) is 0 Å². The Bertz CT molecular complexity index is 505. The number of hydrogen-bond acceptors (Lipinski definition) is 5. The summed E-state index contributed by atoms with van der Waals surface area (Å²) in [5.74, 6) is 0.409. The molecule has 0 amide bonds. The van der Waals surface area contributed by atoms with Crippen LogP contribution in [-0.4, -0.2) is 31.5 Å². The number of nitrogens with zero attached hydrogens (tertiary/aromatic N) is 5. The molecule has 0 aliphatic carbocycles. The van der Waals surface area contributed by atoms with E-state index in [1.807, 2.05) is 6.92 Å². The number of aromatic nitrogens is 5. The van der Waals surface area contributed by atoms with Crippen LogP contribution in [0.2, 0.25) is 0 Å². The van der Waals surface area contributed by atoms with Gasteiger partial charge in [-0.3, -0.25) is 4.79 Å². The fourth-order valence-electron chi connectivity index (χ4n) is 1.25. The van der Waals surface area contributed by atoms with Gasteiger partial charge in [-0.05, 0) is 24.3 Å². The lowest BCUT2D eigenvalue weighted by atomic mass is 10.2. The second-order valence-corrected chi connectivity index (χ2v) is 3.11. The van der Waals surface area contributed by atoms with Gasteiger partial charge in [0, 0.05) is 5.69 Å². The predicted molar refractivity (Wildman–Crippen MR) is 52.2 cm³/mol. The van der Waals surface area contributed by atoms with Gasteiger partial charge in [0.05, 0.1) is 12.6 Å². The third-order valence-corrected chi connectivity index (χ3v) is 1.92. The van der Waals surface area contributed by atoms with Crippen molar-refractivity contribution >= 4 is 6.29 Å². The van der Waals surface area contributed by atoms with Crippen LogP contribution < -0.4 is 0 Å². The lowest BCUT2D eigenvalue weighted by Gasteiger charge is -1.99. The Hall–Kier alpha value is -2.11.